The molecule has 3 amide bonds. The van der Waals surface area contributed by atoms with Gasteiger partial charge in [0.25, 0.3) is 0 Å². The number of piperazine rings is 1. The molecule has 1 aliphatic heterocycles. The maximum atomic E-state index is 12.7. The molecule has 0 unspecified atom stereocenters. The normalized spacial score (nSPS) is 17.5. The number of nitrogens with zero attached hydrogens (tertiary/aromatic N) is 2. The lowest BCUT2D eigenvalue weighted by Crippen LogP contribution is -2.49. The maximum absolute atomic E-state index is 12.7. The SMILES string of the molecule is Cc1c(CN2CCN(C(=O)C3CCCC3)CC2)cccc1NC(=O)Nc1ccccc1. The van der Waals surface area contributed by atoms with Crippen molar-refractivity contribution in [3.05, 3.63) is 59.7 Å². The van der Waals surface area contributed by atoms with Crippen molar-refractivity contribution in [2.24, 2.45) is 5.92 Å². The summed E-state index contributed by atoms with van der Waals surface area (Å²) in [5.41, 5.74) is 3.86. The monoisotopic (exact) mass is 420 g/mol. The zero-order valence-corrected chi connectivity index (χ0v) is 18.3. The second-order valence-electron chi connectivity index (χ2n) is 8.62. The number of hydrogen-bond donors (Lipinski definition) is 2. The van der Waals surface area contributed by atoms with Crippen LogP contribution in [0, 0.1) is 12.8 Å². The summed E-state index contributed by atoms with van der Waals surface area (Å²) in [6, 6.07) is 15.2. The van der Waals surface area contributed by atoms with Crippen LogP contribution in [0.5, 0.6) is 0 Å². The molecule has 1 saturated heterocycles. The van der Waals surface area contributed by atoms with Crippen LogP contribution < -0.4 is 10.6 Å². The average Bonchev–Trinajstić information content (AvgIpc) is 3.32. The van der Waals surface area contributed by atoms with Gasteiger partial charge in [-0.15, -0.1) is 0 Å². The summed E-state index contributed by atoms with van der Waals surface area (Å²) in [5, 5.41) is 5.83. The van der Waals surface area contributed by atoms with Crippen LogP contribution in [-0.4, -0.2) is 47.9 Å². The summed E-state index contributed by atoms with van der Waals surface area (Å²) in [4.78, 5) is 29.5. The Labute approximate surface area is 184 Å². The number of amides is 3. The third-order valence-electron chi connectivity index (χ3n) is 6.51. The molecular weight excluding hydrogens is 388 g/mol. The van der Waals surface area contributed by atoms with E-state index in [4.69, 9.17) is 0 Å². The quantitative estimate of drug-likeness (QED) is 0.750. The maximum Gasteiger partial charge on any atom is 0.323 e. The molecular formula is C25H32N4O2. The molecule has 1 heterocycles. The molecule has 0 bridgehead atoms. The predicted molar refractivity (Wildman–Crippen MR) is 124 cm³/mol. The molecule has 1 saturated carbocycles. The highest BCUT2D eigenvalue weighted by molar-refractivity contribution is 6.00. The van der Waals surface area contributed by atoms with Gasteiger partial charge in [-0.25, -0.2) is 4.79 Å². The molecule has 2 aliphatic rings. The van der Waals surface area contributed by atoms with Crippen molar-refractivity contribution in [1.29, 1.82) is 0 Å². The van der Waals surface area contributed by atoms with Crippen LogP contribution in [0.1, 0.15) is 36.8 Å². The van der Waals surface area contributed by atoms with E-state index in [1.165, 1.54) is 18.4 Å². The van der Waals surface area contributed by atoms with E-state index in [1.54, 1.807) is 0 Å². The molecule has 0 spiro atoms. The standard InChI is InChI=1S/C25H32N4O2/c1-19-21(10-7-13-23(19)27-25(31)26-22-11-3-2-4-12-22)18-28-14-16-29(17-15-28)24(30)20-8-5-6-9-20/h2-4,7,10-13,20H,5-6,8-9,14-18H2,1H3,(H2,26,27,31). The molecule has 6 heteroatoms. The first-order valence-electron chi connectivity index (χ1n) is 11.3. The van der Waals surface area contributed by atoms with Crippen LogP contribution in [0.2, 0.25) is 0 Å². The molecule has 0 radical (unpaired) electrons. The summed E-state index contributed by atoms with van der Waals surface area (Å²) in [6.45, 7) is 6.28. The van der Waals surface area contributed by atoms with Crippen LogP contribution in [0.4, 0.5) is 16.2 Å². The van der Waals surface area contributed by atoms with Gasteiger partial charge in [-0.2, -0.15) is 0 Å². The topological polar surface area (TPSA) is 64.7 Å². The number of nitrogens with one attached hydrogen (secondary N) is 2. The highest BCUT2D eigenvalue weighted by Gasteiger charge is 2.29. The second-order valence-corrected chi connectivity index (χ2v) is 8.62. The summed E-state index contributed by atoms with van der Waals surface area (Å²) in [7, 11) is 0. The van der Waals surface area contributed by atoms with Gasteiger partial charge in [0.05, 0.1) is 0 Å². The van der Waals surface area contributed by atoms with Crippen LogP contribution in [0.15, 0.2) is 48.5 Å². The smallest absolute Gasteiger partial charge is 0.323 e. The van der Waals surface area contributed by atoms with Crippen molar-refractivity contribution in [2.75, 3.05) is 36.8 Å². The van der Waals surface area contributed by atoms with E-state index < -0.39 is 0 Å². The number of benzene rings is 2. The number of hydrogen-bond acceptors (Lipinski definition) is 3. The largest absolute Gasteiger partial charge is 0.340 e. The average molecular weight is 421 g/mol. The molecule has 164 valence electrons. The van der Waals surface area contributed by atoms with E-state index in [2.05, 4.69) is 26.5 Å². The molecule has 0 atom stereocenters. The lowest BCUT2D eigenvalue weighted by molar-refractivity contribution is -0.137. The van der Waals surface area contributed by atoms with E-state index in [0.717, 1.165) is 62.5 Å². The van der Waals surface area contributed by atoms with Gasteiger partial charge in [0.2, 0.25) is 5.91 Å². The fourth-order valence-electron chi connectivity index (χ4n) is 4.59. The zero-order valence-electron chi connectivity index (χ0n) is 18.3. The molecule has 1 aliphatic carbocycles. The minimum absolute atomic E-state index is 0.245. The van der Waals surface area contributed by atoms with Crippen LogP contribution in [0.3, 0.4) is 0 Å². The van der Waals surface area contributed by atoms with Gasteiger partial charge in [0.15, 0.2) is 0 Å². The van der Waals surface area contributed by atoms with E-state index in [9.17, 15) is 9.59 Å². The summed E-state index contributed by atoms with van der Waals surface area (Å²) < 4.78 is 0. The molecule has 4 rings (SSSR count). The van der Waals surface area contributed by atoms with Gasteiger partial charge in [-0.05, 0) is 49.1 Å². The first-order chi connectivity index (χ1) is 15.1. The van der Waals surface area contributed by atoms with Gasteiger partial charge < -0.3 is 15.5 Å². The molecule has 2 aromatic carbocycles. The highest BCUT2D eigenvalue weighted by atomic mass is 16.2. The van der Waals surface area contributed by atoms with Crippen LogP contribution in [0.25, 0.3) is 0 Å². The van der Waals surface area contributed by atoms with Crippen molar-refractivity contribution in [3.63, 3.8) is 0 Å². The third-order valence-corrected chi connectivity index (χ3v) is 6.51. The number of rotatable bonds is 5. The summed E-state index contributed by atoms with van der Waals surface area (Å²) >= 11 is 0. The van der Waals surface area contributed by atoms with Crippen molar-refractivity contribution in [2.45, 2.75) is 39.2 Å². The Hall–Kier alpha value is -2.86. The van der Waals surface area contributed by atoms with E-state index >= 15 is 0 Å². The minimum atomic E-state index is -0.245. The van der Waals surface area contributed by atoms with Crippen molar-refractivity contribution in [3.8, 4) is 0 Å². The highest BCUT2D eigenvalue weighted by Crippen LogP contribution is 2.27. The molecule has 6 nitrogen and oxygen atoms in total. The van der Waals surface area contributed by atoms with Crippen LogP contribution >= 0.6 is 0 Å². The Kier molecular flexibility index (Phi) is 6.87. The lowest BCUT2D eigenvalue weighted by atomic mass is 10.0. The lowest BCUT2D eigenvalue weighted by Gasteiger charge is -2.36. The molecule has 2 N–H and O–H groups in total. The first kappa shape index (κ1) is 21.4. The number of carbonyl (C=O) groups is 2. The second kappa shape index (κ2) is 9.96. The van der Waals surface area contributed by atoms with E-state index in [0.29, 0.717) is 5.91 Å². The first-order valence-corrected chi connectivity index (χ1v) is 11.3. The Morgan fingerprint density at radius 1 is 0.903 bits per heavy atom. The molecule has 2 fully saturated rings. The fourth-order valence-corrected chi connectivity index (χ4v) is 4.59. The van der Waals surface area contributed by atoms with Gasteiger partial charge in [0.1, 0.15) is 0 Å². The number of para-hydroxylation sites is 1. The Balaban J connectivity index is 1.31. The van der Waals surface area contributed by atoms with Gasteiger partial charge in [0, 0.05) is 50.0 Å². The number of anilines is 2. The number of urea groups is 1. The minimum Gasteiger partial charge on any atom is -0.340 e. The van der Waals surface area contributed by atoms with E-state index in [-0.39, 0.29) is 11.9 Å². The molecule has 0 aromatic heterocycles. The summed E-state index contributed by atoms with van der Waals surface area (Å²) in [5.74, 6) is 0.627. The zero-order chi connectivity index (χ0) is 21.6. The van der Waals surface area contributed by atoms with Crippen molar-refractivity contribution >= 4 is 23.3 Å². The summed E-state index contributed by atoms with van der Waals surface area (Å²) in [6.07, 6.45) is 4.53. The molecule has 31 heavy (non-hydrogen) atoms. The Bertz CT molecular complexity index is 901. The van der Waals surface area contributed by atoms with Gasteiger partial charge >= 0.3 is 6.03 Å². The molecule has 2 aromatic rings. The Morgan fingerprint density at radius 2 is 1.61 bits per heavy atom. The van der Waals surface area contributed by atoms with Crippen molar-refractivity contribution in [1.82, 2.24) is 9.80 Å². The predicted octanol–water partition coefficient (Wildman–Crippen LogP) is 4.47. The van der Waals surface area contributed by atoms with Crippen molar-refractivity contribution < 1.29 is 9.59 Å². The third kappa shape index (κ3) is 5.44. The van der Waals surface area contributed by atoms with Crippen LogP contribution in [-0.2, 0) is 11.3 Å². The van der Waals surface area contributed by atoms with E-state index in [1.807, 2.05) is 49.4 Å². The van der Waals surface area contributed by atoms with Gasteiger partial charge in [-0.3, -0.25) is 9.69 Å². The van der Waals surface area contributed by atoms with Gasteiger partial charge in [-0.1, -0.05) is 43.2 Å². The Morgan fingerprint density at radius 3 is 2.32 bits per heavy atom. The fraction of sp³-hybridized carbons (Fsp3) is 0.440. The number of carbonyl (C=O) groups excluding carboxylic acids is 2.